The smallest absolute Gasteiger partial charge is 0.409 e. The molecule has 3 aliphatic rings. The van der Waals surface area contributed by atoms with Crippen LogP contribution >= 0.6 is 0 Å². The van der Waals surface area contributed by atoms with E-state index >= 15 is 0 Å². The zero-order valence-corrected chi connectivity index (χ0v) is 20.4. The highest BCUT2D eigenvalue weighted by Gasteiger charge is 2.44. The molecule has 34 heavy (non-hydrogen) atoms. The number of hydrogen-bond acceptors (Lipinski definition) is 6. The van der Waals surface area contributed by atoms with Gasteiger partial charge in [-0.05, 0) is 88.2 Å². The van der Waals surface area contributed by atoms with Gasteiger partial charge < -0.3 is 14.4 Å². The maximum absolute atomic E-state index is 13.2. The number of imide groups is 1. The van der Waals surface area contributed by atoms with Crippen LogP contribution in [0.25, 0.3) is 0 Å². The molecule has 1 aromatic carbocycles. The summed E-state index contributed by atoms with van der Waals surface area (Å²) in [6.07, 6.45) is 5.06. The van der Waals surface area contributed by atoms with Gasteiger partial charge in [-0.3, -0.25) is 14.5 Å². The average Bonchev–Trinajstić information content (AvgIpc) is 3.17. The Bertz CT molecular complexity index is 858. The van der Waals surface area contributed by atoms with Crippen LogP contribution in [0.1, 0.15) is 52.4 Å². The standard InChI is InChI=1S/C26H37N3O5/c1-3-17-34-22-7-5-21(6-8-22)29-24(30)18-23(25(29)31)27-13-9-19(10-14-27)20-11-15-28(16-12-20)26(32)33-4-2/h5-8,19-20,23H,3-4,9-18H2,1-2H3. The van der Waals surface area contributed by atoms with Crippen molar-refractivity contribution >= 4 is 23.6 Å². The first-order valence-electron chi connectivity index (χ1n) is 12.8. The Morgan fingerprint density at radius 3 is 2.15 bits per heavy atom. The van der Waals surface area contributed by atoms with Crippen LogP contribution in [0.4, 0.5) is 10.5 Å². The number of likely N-dealkylation sites (tertiary alicyclic amines) is 2. The molecule has 4 rings (SSSR count). The lowest BCUT2D eigenvalue weighted by Crippen LogP contribution is -2.48. The molecule has 1 atom stereocenters. The summed E-state index contributed by atoms with van der Waals surface area (Å²) in [7, 11) is 0. The van der Waals surface area contributed by atoms with E-state index in [4.69, 9.17) is 9.47 Å². The van der Waals surface area contributed by atoms with Gasteiger partial charge in [0.2, 0.25) is 5.91 Å². The minimum Gasteiger partial charge on any atom is -0.494 e. The number of ether oxygens (including phenoxy) is 2. The van der Waals surface area contributed by atoms with Crippen molar-refractivity contribution in [1.82, 2.24) is 9.80 Å². The lowest BCUT2D eigenvalue weighted by atomic mass is 9.78. The van der Waals surface area contributed by atoms with Crippen LogP contribution in [0.3, 0.4) is 0 Å². The summed E-state index contributed by atoms with van der Waals surface area (Å²) in [5.74, 6) is 1.72. The summed E-state index contributed by atoms with van der Waals surface area (Å²) in [5.41, 5.74) is 0.615. The van der Waals surface area contributed by atoms with Crippen LogP contribution < -0.4 is 9.64 Å². The van der Waals surface area contributed by atoms with Gasteiger partial charge in [-0.2, -0.15) is 0 Å². The normalized spacial score (nSPS) is 22.9. The van der Waals surface area contributed by atoms with E-state index in [1.54, 1.807) is 12.1 Å². The number of amides is 3. The van der Waals surface area contributed by atoms with Gasteiger partial charge in [0, 0.05) is 13.1 Å². The molecule has 0 radical (unpaired) electrons. The molecular formula is C26H37N3O5. The minimum absolute atomic E-state index is 0.117. The Balaban J connectivity index is 1.28. The second-order valence-corrected chi connectivity index (χ2v) is 9.53. The van der Waals surface area contributed by atoms with Crippen molar-refractivity contribution in [3.63, 3.8) is 0 Å². The van der Waals surface area contributed by atoms with Crippen molar-refractivity contribution in [1.29, 1.82) is 0 Å². The third-order valence-electron chi connectivity index (χ3n) is 7.44. The van der Waals surface area contributed by atoms with Crippen LogP contribution in [0.2, 0.25) is 0 Å². The molecule has 0 aromatic heterocycles. The van der Waals surface area contributed by atoms with Crippen molar-refractivity contribution in [2.75, 3.05) is 44.3 Å². The van der Waals surface area contributed by atoms with Gasteiger partial charge in [-0.15, -0.1) is 0 Å². The lowest BCUT2D eigenvalue weighted by Gasteiger charge is -2.41. The van der Waals surface area contributed by atoms with E-state index in [0.717, 1.165) is 64.0 Å². The topological polar surface area (TPSA) is 79.4 Å². The summed E-state index contributed by atoms with van der Waals surface area (Å²) < 4.78 is 10.7. The van der Waals surface area contributed by atoms with Gasteiger partial charge in [0.1, 0.15) is 5.75 Å². The van der Waals surface area contributed by atoms with E-state index in [0.29, 0.717) is 30.7 Å². The number of rotatable bonds is 7. The SMILES string of the molecule is CCCOc1ccc(N2C(=O)CC(N3CCC(C4CCN(C(=O)OCC)CC4)CC3)C2=O)cc1. The van der Waals surface area contributed by atoms with Crippen LogP contribution in [0, 0.1) is 11.8 Å². The second kappa shape index (κ2) is 11.2. The fourth-order valence-corrected chi connectivity index (χ4v) is 5.55. The molecule has 186 valence electrons. The van der Waals surface area contributed by atoms with Gasteiger partial charge in [-0.25, -0.2) is 9.69 Å². The second-order valence-electron chi connectivity index (χ2n) is 9.53. The van der Waals surface area contributed by atoms with Crippen LogP contribution in [0.15, 0.2) is 24.3 Å². The first kappa shape index (κ1) is 24.5. The van der Waals surface area contributed by atoms with E-state index in [1.807, 2.05) is 30.9 Å². The molecule has 3 saturated heterocycles. The van der Waals surface area contributed by atoms with E-state index in [-0.39, 0.29) is 30.4 Å². The van der Waals surface area contributed by atoms with Crippen molar-refractivity contribution in [2.45, 2.75) is 58.4 Å². The highest BCUT2D eigenvalue weighted by molar-refractivity contribution is 6.22. The van der Waals surface area contributed by atoms with Gasteiger partial charge in [-0.1, -0.05) is 6.92 Å². The molecule has 0 spiro atoms. The maximum atomic E-state index is 13.2. The Morgan fingerprint density at radius 1 is 0.941 bits per heavy atom. The van der Waals surface area contributed by atoms with Gasteiger partial charge in [0.05, 0.1) is 31.4 Å². The predicted molar refractivity (Wildman–Crippen MR) is 129 cm³/mol. The summed E-state index contributed by atoms with van der Waals surface area (Å²) >= 11 is 0. The first-order chi connectivity index (χ1) is 16.5. The molecule has 8 heteroatoms. The Hall–Kier alpha value is -2.61. The van der Waals surface area contributed by atoms with Crippen LogP contribution in [-0.4, -0.2) is 73.1 Å². The predicted octanol–water partition coefficient (Wildman–Crippen LogP) is 3.69. The van der Waals surface area contributed by atoms with Gasteiger partial charge in [0.25, 0.3) is 5.91 Å². The van der Waals surface area contributed by atoms with Crippen LogP contribution in [-0.2, 0) is 14.3 Å². The average molecular weight is 472 g/mol. The fraction of sp³-hybridized carbons (Fsp3) is 0.654. The number of carbonyl (C=O) groups is 3. The van der Waals surface area contributed by atoms with Gasteiger partial charge in [0.15, 0.2) is 0 Å². The third kappa shape index (κ3) is 5.37. The molecule has 0 N–H and O–H groups in total. The molecule has 3 fully saturated rings. The number of piperidine rings is 2. The molecule has 3 amide bonds. The number of nitrogens with zero attached hydrogens (tertiary/aromatic N) is 3. The summed E-state index contributed by atoms with van der Waals surface area (Å²) in [6, 6.07) is 6.85. The summed E-state index contributed by atoms with van der Waals surface area (Å²) in [6.45, 7) is 8.13. The summed E-state index contributed by atoms with van der Waals surface area (Å²) in [5, 5.41) is 0. The molecule has 0 saturated carbocycles. The summed E-state index contributed by atoms with van der Waals surface area (Å²) in [4.78, 5) is 43.2. The third-order valence-corrected chi connectivity index (χ3v) is 7.44. The Labute approximate surface area is 202 Å². The van der Waals surface area contributed by atoms with Crippen LogP contribution in [0.5, 0.6) is 5.75 Å². The highest BCUT2D eigenvalue weighted by atomic mass is 16.6. The van der Waals surface area contributed by atoms with Crippen molar-refractivity contribution in [3.8, 4) is 5.75 Å². The molecule has 0 aliphatic carbocycles. The Morgan fingerprint density at radius 2 is 1.56 bits per heavy atom. The number of hydrogen-bond donors (Lipinski definition) is 0. The fourth-order valence-electron chi connectivity index (χ4n) is 5.55. The maximum Gasteiger partial charge on any atom is 0.409 e. The molecule has 3 aliphatic heterocycles. The number of benzene rings is 1. The van der Waals surface area contributed by atoms with E-state index in [1.165, 1.54) is 4.90 Å². The number of carbonyl (C=O) groups excluding carboxylic acids is 3. The largest absolute Gasteiger partial charge is 0.494 e. The quantitative estimate of drug-likeness (QED) is 0.565. The zero-order chi connectivity index (χ0) is 24.1. The van der Waals surface area contributed by atoms with Crippen molar-refractivity contribution in [2.24, 2.45) is 11.8 Å². The van der Waals surface area contributed by atoms with E-state index in [2.05, 4.69) is 4.90 Å². The number of anilines is 1. The zero-order valence-electron chi connectivity index (χ0n) is 20.4. The lowest BCUT2D eigenvalue weighted by molar-refractivity contribution is -0.123. The first-order valence-corrected chi connectivity index (χ1v) is 12.8. The van der Waals surface area contributed by atoms with Crippen molar-refractivity contribution < 1.29 is 23.9 Å². The van der Waals surface area contributed by atoms with Gasteiger partial charge >= 0.3 is 6.09 Å². The molecular weight excluding hydrogens is 434 g/mol. The Kier molecular flexibility index (Phi) is 8.08. The molecule has 0 bridgehead atoms. The van der Waals surface area contributed by atoms with Crippen molar-refractivity contribution in [3.05, 3.63) is 24.3 Å². The molecule has 3 heterocycles. The molecule has 1 aromatic rings. The molecule has 1 unspecified atom stereocenters. The monoisotopic (exact) mass is 471 g/mol. The minimum atomic E-state index is -0.366. The van der Waals surface area contributed by atoms with E-state index < -0.39 is 0 Å². The molecule has 8 nitrogen and oxygen atoms in total. The van der Waals surface area contributed by atoms with E-state index in [9.17, 15) is 14.4 Å². The highest BCUT2D eigenvalue weighted by Crippen LogP contribution is 2.35.